The van der Waals surface area contributed by atoms with Crippen LogP contribution < -0.4 is 10.6 Å². The smallest absolute Gasteiger partial charge is 0.255 e. The third kappa shape index (κ3) is 8.46. The van der Waals surface area contributed by atoms with Crippen LogP contribution in [0.25, 0.3) is 11.3 Å². The van der Waals surface area contributed by atoms with Gasteiger partial charge in [0.15, 0.2) is 5.78 Å². The second-order valence-electron chi connectivity index (χ2n) is 12.9. The molecule has 2 saturated carbocycles. The first-order chi connectivity index (χ1) is 24.0. The number of pyridine rings is 2. The molecule has 0 atom stereocenters. The van der Waals surface area contributed by atoms with Gasteiger partial charge in [0.1, 0.15) is 11.5 Å². The van der Waals surface area contributed by atoms with Crippen LogP contribution in [-0.4, -0.2) is 80.1 Å². The van der Waals surface area contributed by atoms with Gasteiger partial charge in [-0.2, -0.15) is 4.98 Å². The molecule has 3 fully saturated rings. The average Bonchev–Trinajstić information content (AvgIpc) is 3.97. The molecule has 3 N–H and O–H groups in total. The number of carbonyl (C=O) groups is 2. The lowest BCUT2D eigenvalue weighted by Crippen LogP contribution is -2.40. The molecule has 11 heteroatoms. The van der Waals surface area contributed by atoms with Crippen molar-refractivity contribution in [2.75, 3.05) is 36.9 Å². The van der Waals surface area contributed by atoms with E-state index in [9.17, 15) is 14.7 Å². The molecular weight excluding hydrogens is 618 g/mol. The normalized spacial score (nSPS) is 19.0. The van der Waals surface area contributed by atoms with Crippen LogP contribution >= 0.6 is 0 Å². The summed E-state index contributed by atoms with van der Waals surface area (Å²) in [4.78, 5) is 45.6. The van der Waals surface area contributed by atoms with Gasteiger partial charge in [-0.25, -0.2) is 9.97 Å². The molecule has 0 bridgehead atoms. The molecule has 1 aliphatic heterocycles. The Morgan fingerprint density at radius 2 is 1.67 bits per heavy atom. The van der Waals surface area contributed by atoms with Crippen LogP contribution in [0, 0.1) is 17.8 Å². The van der Waals surface area contributed by atoms with E-state index in [1.165, 1.54) is 0 Å². The zero-order valence-corrected chi connectivity index (χ0v) is 27.3. The maximum absolute atomic E-state index is 13.0. The molecule has 11 nitrogen and oxygen atoms in total. The van der Waals surface area contributed by atoms with E-state index < -0.39 is 0 Å². The molecule has 2 aliphatic carbocycles. The molecule has 49 heavy (non-hydrogen) atoms. The van der Waals surface area contributed by atoms with Gasteiger partial charge in [0.25, 0.3) is 5.91 Å². The summed E-state index contributed by atoms with van der Waals surface area (Å²) in [6.07, 6.45) is 10.7. The van der Waals surface area contributed by atoms with Crippen molar-refractivity contribution in [2.45, 2.75) is 57.1 Å². The highest BCUT2D eigenvalue weighted by Gasteiger charge is 2.25. The van der Waals surface area contributed by atoms with Crippen molar-refractivity contribution in [2.24, 2.45) is 5.92 Å². The Hall–Kier alpha value is -5.18. The van der Waals surface area contributed by atoms with E-state index in [1.54, 1.807) is 41.7 Å². The van der Waals surface area contributed by atoms with E-state index in [2.05, 4.69) is 37.4 Å². The number of rotatable bonds is 9. The van der Waals surface area contributed by atoms with Gasteiger partial charge < -0.3 is 25.4 Å². The zero-order valence-electron chi connectivity index (χ0n) is 27.3. The van der Waals surface area contributed by atoms with Crippen LogP contribution in [-0.2, 0) is 4.74 Å². The number of amides is 1. The first-order valence-electron chi connectivity index (χ1n) is 17.0. The number of benzene rings is 1. The molecule has 4 heterocycles. The third-order valence-corrected chi connectivity index (χ3v) is 9.14. The van der Waals surface area contributed by atoms with Crippen LogP contribution in [0.5, 0.6) is 0 Å². The summed E-state index contributed by atoms with van der Waals surface area (Å²) in [6, 6.07) is 14.9. The lowest BCUT2D eigenvalue weighted by atomic mass is 9.93. The van der Waals surface area contributed by atoms with Gasteiger partial charge in [-0.3, -0.25) is 14.6 Å². The largest absolute Gasteiger partial charge is 0.393 e. The number of aromatic nitrogens is 4. The molecule has 1 aromatic carbocycles. The molecule has 0 unspecified atom stereocenters. The number of hydrogen-bond donors (Lipinski definition) is 3. The number of carbonyl (C=O) groups excluding carboxylic acids is 2. The Kier molecular flexibility index (Phi) is 9.86. The number of anilines is 3. The minimum absolute atomic E-state index is 0.0595. The second-order valence-corrected chi connectivity index (χ2v) is 12.9. The molecule has 3 aliphatic rings. The lowest BCUT2D eigenvalue weighted by molar-refractivity contribution is 0.0302. The van der Waals surface area contributed by atoms with Crippen molar-refractivity contribution in [3.05, 3.63) is 89.5 Å². The fraction of sp³-hybridized carbons (Fsp3) is 0.368. The number of ether oxygens (including phenoxy) is 1. The molecule has 0 radical (unpaired) electrons. The standard InChI is InChI=1S/C38H39N7O4/c46-32-12-10-29(11-13-32)42-36-33(34-14-6-28(23-40-34)37(48)45-17-19-49-20-18-45)24-41-38(44-36)43-30-7-3-25(4-8-30)5-9-31-22-27(15-16-39-31)35(47)21-26-1-2-26/h3-4,6-8,14-16,22-24,26,29,32,46H,1-2,10-13,17-21H2,(H2,41,42,43,44). The Bertz CT molecular complexity index is 1850. The van der Waals surface area contributed by atoms with Crippen molar-refractivity contribution < 1.29 is 19.4 Å². The van der Waals surface area contributed by atoms with Crippen molar-refractivity contribution in [3.8, 4) is 23.1 Å². The topological polar surface area (TPSA) is 142 Å². The van der Waals surface area contributed by atoms with Crippen molar-refractivity contribution in [1.29, 1.82) is 0 Å². The SMILES string of the molecule is O=C(CC1CC1)c1ccnc(C#Cc2ccc(Nc3ncc(-c4ccc(C(=O)N5CCOCC5)cn4)c(NC4CCC(O)CC4)n3)cc2)c1. The Labute approximate surface area is 285 Å². The average molecular weight is 658 g/mol. The van der Waals surface area contributed by atoms with Gasteiger partial charge >= 0.3 is 0 Å². The molecule has 7 rings (SSSR count). The Balaban J connectivity index is 1.06. The maximum atomic E-state index is 13.0. The van der Waals surface area contributed by atoms with Crippen LogP contribution in [0.3, 0.4) is 0 Å². The number of Topliss-reactive ketones (excluding diaryl/α,β-unsaturated/α-hetero) is 1. The minimum Gasteiger partial charge on any atom is -0.393 e. The second kappa shape index (κ2) is 14.9. The number of nitrogens with one attached hydrogen (secondary N) is 2. The van der Waals surface area contributed by atoms with E-state index in [1.807, 2.05) is 30.3 Å². The number of hydrogen-bond acceptors (Lipinski definition) is 10. The number of ketones is 1. The van der Waals surface area contributed by atoms with Gasteiger partial charge in [0, 0.05) is 61.0 Å². The maximum Gasteiger partial charge on any atom is 0.255 e. The van der Waals surface area contributed by atoms with Crippen LogP contribution in [0.4, 0.5) is 17.5 Å². The predicted octanol–water partition coefficient (Wildman–Crippen LogP) is 5.25. The van der Waals surface area contributed by atoms with E-state index in [4.69, 9.17) is 9.72 Å². The highest BCUT2D eigenvalue weighted by atomic mass is 16.5. The van der Waals surface area contributed by atoms with Gasteiger partial charge in [0.05, 0.1) is 36.1 Å². The zero-order chi connectivity index (χ0) is 33.6. The summed E-state index contributed by atoms with van der Waals surface area (Å²) >= 11 is 0. The summed E-state index contributed by atoms with van der Waals surface area (Å²) in [5, 5.41) is 16.9. The Morgan fingerprint density at radius 3 is 2.41 bits per heavy atom. The highest BCUT2D eigenvalue weighted by molar-refractivity contribution is 5.96. The molecular formula is C38H39N7O4. The highest BCUT2D eigenvalue weighted by Crippen LogP contribution is 2.33. The summed E-state index contributed by atoms with van der Waals surface area (Å²) in [5.41, 5.74) is 4.73. The van der Waals surface area contributed by atoms with Crippen LogP contribution in [0.2, 0.25) is 0 Å². The number of nitrogens with zero attached hydrogens (tertiary/aromatic N) is 5. The Morgan fingerprint density at radius 1 is 0.878 bits per heavy atom. The van der Waals surface area contributed by atoms with E-state index in [0.717, 1.165) is 55.3 Å². The van der Waals surface area contributed by atoms with Crippen molar-refractivity contribution in [3.63, 3.8) is 0 Å². The van der Waals surface area contributed by atoms with Crippen molar-refractivity contribution >= 4 is 29.1 Å². The fourth-order valence-corrected chi connectivity index (χ4v) is 6.06. The van der Waals surface area contributed by atoms with Gasteiger partial charge in [0.2, 0.25) is 5.95 Å². The molecule has 3 aromatic heterocycles. The molecule has 4 aromatic rings. The summed E-state index contributed by atoms with van der Waals surface area (Å²) in [5.74, 6) is 7.89. The number of aliphatic hydroxyl groups is 1. The minimum atomic E-state index is -0.270. The number of aliphatic hydroxyl groups excluding tert-OH is 1. The quantitative estimate of drug-likeness (QED) is 0.161. The molecule has 1 amide bonds. The fourth-order valence-electron chi connectivity index (χ4n) is 6.06. The van der Waals surface area contributed by atoms with Gasteiger partial charge in [-0.15, -0.1) is 0 Å². The molecule has 0 spiro atoms. The molecule has 1 saturated heterocycles. The van der Waals surface area contributed by atoms with Gasteiger partial charge in [-0.1, -0.05) is 5.92 Å². The van der Waals surface area contributed by atoms with E-state index >= 15 is 0 Å². The summed E-state index contributed by atoms with van der Waals surface area (Å²) < 4.78 is 5.37. The van der Waals surface area contributed by atoms with Gasteiger partial charge in [-0.05, 0) is 98.9 Å². The van der Waals surface area contributed by atoms with E-state index in [-0.39, 0.29) is 23.8 Å². The lowest BCUT2D eigenvalue weighted by Gasteiger charge is -2.27. The molecule has 250 valence electrons. The van der Waals surface area contributed by atoms with E-state index in [0.29, 0.717) is 72.9 Å². The summed E-state index contributed by atoms with van der Waals surface area (Å²) in [6.45, 7) is 2.21. The van der Waals surface area contributed by atoms with Crippen LogP contribution in [0.15, 0.2) is 67.1 Å². The first-order valence-corrected chi connectivity index (χ1v) is 17.0. The van der Waals surface area contributed by atoms with Crippen molar-refractivity contribution in [1.82, 2.24) is 24.8 Å². The van der Waals surface area contributed by atoms with Crippen LogP contribution in [0.1, 0.15) is 76.9 Å². The predicted molar refractivity (Wildman–Crippen MR) is 185 cm³/mol. The first kappa shape index (κ1) is 32.4. The third-order valence-electron chi connectivity index (χ3n) is 9.14. The summed E-state index contributed by atoms with van der Waals surface area (Å²) in [7, 11) is 0. The monoisotopic (exact) mass is 657 g/mol. The number of morpholine rings is 1.